The van der Waals surface area contributed by atoms with Gasteiger partial charge in [-0.05, 0) is 64.7 Å². The molecule has 0 radical (unpaired) electrons. The first-order chi connectivity index (χ1) is 40.4. The molecule has 0 spiro atoms. The number of hydrogen-bond donors (Lipinski definition) is 3. The predicted octanol–water partition coefficient (Wildman–Crippen LogP) is 12.3. The Hall–Kier alpha value is -8.96. The minimum atomic E-state index is -2.68. The summed E-state index contributed by atoms with van der Waals surface area (Å²) in [6.07, 6.45) is 8.63. The Morgan fingerprint density at radius 2 is 0.867 bits per heavy atom. The number of aliphatic hydroxyl groups excluding tert-OH is 1. The molecule has 6 aromatic carbocycles. The fourth-order valence-electron chi connectivity index (χ4n) is 12.3. The van der Waals surface area contributed by atoms with Gasteiger partial charge in [-0.3, -0.25) is 29.8 Å². The first-order valence-corrected chi connectivity index (χ1v) is 31.2. The van der Waals surface area contributed by atoms with E-state index in [1.807, 2.05) is 89.8 Å². The van der Waals surface area contributed by atoms with Crippen molar-refractivity contribution >= 4 is 150 Å². The molecule has 12 nitrogen and oxygen atoms in total. The minimum Gasteiger partial charge on any atom is -0.407 e. The van der Waals surface area contributed by atoms with Crippen LogP contribution in [0.5, 0.6) is 0 Å². The van der Waals surface area contributed by atoms with Crippen molar-refractivity contribution in [2.75, 3.05) is 13.2 Å². The molecule has 4 amide bonds. The molecule has 0 aliphatic carbocycles. The van der Waals surface area contributed by atoms with Gasteiger partial charge in [0.05, 0.1) is 22.3 Å². The molecule has 0 saturated heterocycles. The van der Waals surface area contributed by atoms with Gasteiger partial charge in [0.25, 0.3) is 31.9 Å². The second-order valence-electron chi connectivity index (χ2n) is 21.8. The van der Waals surface area contributed by atoms with Crippen molar-refractivity contribution in [3.8, 4) is 0 Å². The van der Waals surface area contributed by atoms with Crippen molar-refractivity contribution in [3.63, 3.8) is 0 Å². The molecule has 83 heavy (non-hydrogen) atoms. The number of imide groups is 2. The predicted molar refractivity (Wildman–Crippen MR) is 338 cm³/mol. The summed E-state index contributed by atoms with van der Waals surface area (Å²) >= 11 is 3.27. The van der Waals surface area contributed by atoms with Gasteiger partial charge < -0.3 is 18.7 Å². The largest absolute Gasteiger partial charge is 0.407 e. The zero-order valence-electron chi connectivity index (χ0n) is 45.8. The van der Waals surface area contributed by atoms with Gasteiger partial charge in [0, 0.05) is 124 Å². The lowest BCUT2D eigenvalue weighted by Crippen LogP contribution is -2.66. The van der Waals surface area contributed by atoms with E-state index < -0.39 is 14.2 Å². The van der Waals surface area contributed by atoms with E-state index >= 15 is 0 Å². The van der Waals surface area contributed by atoms with E-state index in [4.69, 9.17) is 9.41 Å². The van der Waals surface area contributed by atoms with E-state index in [0.717, 1.165) is 80.0 Å². The van der Waals surface area contributed by atoms with Crippen molar-refractivity contribution in [2.45, 2.75) is 51.7 Å². The molecule has 14 rings (SSSR count). The van der Waals surface area contributed by atoms with Crippen LogP contribution in [0, 0.1) is 0 Å². The van der Waals surface area contributed by atoms with Gasteiger partial charge in [0.15, 0.2) is 0 Å². The summed E-state index contributed by atoms with van der Waals surface area (Å²) < 4.78 is 15.5. The lowest BCUT2D eigenvalue weighted by atomic mass is 9.95. The number of rotatable bonds is 14. The highest BCUT2D eigenvalue weighted by molar-refractivity contribution is 7.26. The Bertz CT molecular complexity index is 4610. The molecule has 0 atom stereocenters. The fourth-order valence-corrected chi connectivity index (χ4v) is 19.3. The summed E-state index contributed by atoms with van der Waals surface area (Å²) in [5, 5.41) is 22.9. The molecular formula is C68H56N6O6S2Si. The third-order valence-corrected chi connectivity index (χ3v) is 23.3. The Labute approximate surface area is 487 Å². The molecule has 0 fully saturated rings. The number of aliphatic hydroxyl groups is 1. The lowest BCUT2D eigenvalue weighted by Gasteiger charge is -2.43. The molecule has 2 aliphatic heterocycles. The molecule has 0 saturated carbocycles. The molecule has 3 N–H and O–H groups in total. The Morgan fingerprint density at radius 3 is 1.31 bits per heavy atom. The Balaban J connectivity index is 0.000000169. The SMILES string of the molecule is CC(C)(C)[Si](OCCCn1cc(C2=C(c3cccc4c3sc3ccccc34)C(=O)NC2=O)c2cccnc21)(c1ccccc1)c1ccccc1.O=C1NC(=O)C(c2cccc3c2sc2ccccc23)=C1c1cn(CCCO)c2ncccc12. The van der Waals surface area contributed by atoms with Crippen LogP contribution in [0.3, 0.4) is 0 Å². The van der Waals surface area contributed by atoms with Crippen LogP contribution in [0.4, 0.5) is 0 Å². The van der Waals surface area contributed by atoms with Crippen molar-refractivity contribution in [1.82, 2.24) is 29.7 Å². The quantitative estimate of drug-likeness (QED) is 0.0552. The summed E-state index contributed by atoms with van der Waals surface area (Å²) in [6, 6.07) is 57.2. The van der Waals surface area contributed by atoms with Gasteiger partial charge in [-0.1, -0.05) is 154 Å². The summed E-state index contributed by atoms with van der Waals surface area (Å²) in [7, 11) is -2.68. The number of carbonyl (C=O) groups is 4. The first kappa shape index (κ1) is 53.4. The second-order valence-corrected chi connectivity index (χ2v) is 28.2. The van der Waals surface area contributed by atoms with Gasteiger partial charge in [-0.15, -0.1) is 22.7 Å². The van der Waals surface area contributed by atoms with Gasteiger partial charge in [-0.2, -0.15) is 0 Å². The van der Waals surface area contributed by atoms with E-state index in [0.29, 0.717) is 59.5 Å². The average Bonchev–Trinajstić information content (AvgIpc) is 4.29. The van der Waals surface area contributed by atoms with E-state index in [1.165, 1.54) is 10.4 Å². The number of carbonyl (C=O) groups excluding carboxylic acids is 4. The van der Waals surface area contributed by atoms with Gasteiger partial charge >= 0.3 is 0 Å². The topological polar surface area (TPSA) is 157 Å². The normalized spacial score (nSPS) is 14.1. The number of aromatic nitrogens is 4. The maximum absolute atomic E-state index is 13.6. The minimum absolute atomic E-state index is 0.0582. The summed E-state index contributed by atoms with van der Waals surface area (Å²) in [5.74, 6) is -1.56. The third kappa shape index (κ3) is 9.21. The molecular weight excluding hydrogens is 1090 g/mol. The molecule has 6 aromatic heterocycles. The number of fused-ring (bicyclic) bond motifs is 8. The number of aryl methyl sites for hydroxylation is 2. The number of thiophene rings is 2. The van der Waals surface area contributed by atoms with Crippen LogP contribution in [-0.4, -0.2) is 69.4 Å². The van der Waals surface area contributed by atoms with Gasteiger partial charge in [0.2, 0.25) is 0 Å². The average molecular weight is 1150 g/mol. The van der Waals surface area contributed by atoms with Crippen LogP contribution in [0.25, 0.3) is 84.7 Å². The zero-order chi connectivity index (χ0) is 57.0. The monoisotopic (exact) mass is 1140 g/mol. The van der Waals surface area contributed by atoms with E-state index in [1.54, 1.807) is 35.1 Å². The van der Waals surface area contributed by atoms with Crippen LogP contribution < -0.4 is 21.0 Å². The van der Waals surface area contributed by atoms with Crippen molar-refractivity contribution < 1.29 is 28.7 Å². The van der Waals surface area contributed by atoms with Crippen molar-refractivity contribution in [3.05, 3.63) is 217 Å². The molecule has 15 heteroatoms. The molecule has 2 aliphatic rings. The standard InChI is InChI=1S/C42H37N3O3SSi.C26H19N3O3S/c1-42(2,3)50(28-15-6-4-7-16-28,29-17-8-5-9-18-29)48-26-14-25-45-27-34(32-22-13-24-43-39(32)45)37-36(40(46)44-41(37)47)33-21-12-20-31-30-19-10-11-23-35(30)49-38(31)33;30-13-5-12-29-14-19(17-9-4-11-27-24(17)29)22-21(25(31)28-26(22)32)18-8-3-7-16-15-6-1-2-10-20(15)33-23(16)18/h4-13,15-24,27H,14,25-26H2,1-3H3,(H,44,46,47);1-4,6-11,14,30H,5,12-13H2,(H,28,31,32). The van der Waals surface area contributed by atoms with Gasteiger partial charge in [-0.25, -0.2) is 9.97 Å². The number of pyridine rings is 2. The number of nitrogens with zero attached hydrogens (tertiary/aromatic N) is 4. The molecule has 12 aromatic rings. The van der Waals surface area contributed by atoms with E-state index in [2.05, 4.69) is 138 Å². The highest BCUT2D eigenvalue weighted by Crippen LogP contribution is 2.45. The maximum Gasteiger partial charge on any atom is 0.261 e. The highest BCUT2D eigenvalue weighted by Gasteiger charge is 2.50. The molecule has 0 unspecified atom stereocenters. The molecule has 410 valence electrons. The summed E-state index contributed by atoms with van der Waals surface area (Å²) in [5.41, 5.74) is 5.95. The smallest absolute Gasteiger partial charge is 0.261 e. The molecule has 0 bridgehead atoms. The van der Waals surface area contributed by atoms with Crippen LogP contribution in [0.1, 0.15) is 55.9 Å². The number of amides is 4. The zero-order valence-corrected chi connectivity index (χ0v) is 48.4. The van der Waals surface area contributed by atoms with Crippen LogP contribution in [-0.2, 0) is 36.7 Å². The number of nitrogens with one attached hydrogen (secondary N) is 2. The van der Waals surface area contributed by atoms with Crippen LogP contribution >= 0.6 is 22.7 Å². The maximum atomic E-state index is 13.6. The highest BCUT2D eigenvalue weighted by atomic mass is 32.1. The second kappa shape index (κ2) is 21.7. The van der Waals surface area contributed by atoms with Crippen molar-refractivity contribution in [1.29, 1.82) is 0 Å². The van der Waals surface area contributed by atoms with Crippen molar-refractivity contribution in [2.24, 2.45) is 0 Å². The Kier molecular flexibility index (Phi) is 14.0. The number of hydrogen-bond acceptors (Lipinski definition) is 10. The van der Waals surface area contributed by atoms with E-state index in [-0.39, 0.29) is 29.4 Å². The summed E-state index contributed by atoms with van der Waals surface area (Å²) in [4.78, 5) is 62.6. The third-order valence-electron chi connectivity index (χ3n) is 15.9. The van der Waals surface area contributed by atoms with Crippen LogP contribution in [0.15, 0.2) is 195 Å². The van der Waals surface area contributed by atoms with E-state index in [9.17, 15) is 24.3 Å². The summed E-state index contributed by atoms with van der Waals surface area (Å²) in [6.45, 7) is 8.66. The molecule has 8 heterocycles. The fraction of sp³-hybridized carbons (Fsp3) is 0.147. The van der Waals surface area contributed by atoms with Crippen LogP contribution in [0.2, 0.25) is 5.04 Å². The number of benzene rings is 6. The lowest BCUT2D eigenvalue weighted by molar-refractivity contribution is -0.124. The first-order valence-electron chi connectivity index (χ1n) is 27.7. The van der Waals surface area contributed by atoms with Gasteiger partial charge in [0.1, 0.15) is 11.3 Å². The Morgan fingerprint density at radius 1 is 0.470 bits per heavy atom.